The van der Waals surface area contributed by atoms with E-state index in [2.05, 4.69) is 0 Å². The number of hydrogen-bond acceptors (Lipinski definition) is 3. The van der Waals surface area contributed by atoms with Crippen molar-refractivity contribution in [1.29, 1.82) is 0 Å². The van der Waals surface area contributed by atoms with Crippen LogP contribution in [-0.4, -0.2) is 36.9 Å². The number of carbonyl (C=O) groups is 1. The second kappa shape index (κ2) is 5.67. The van der Waals surface area contributed by atoms with E-state index >= 15 is 0 Å². The zero-order valence-corrected chi connectivity index (χ0v) is 12.0. The third kappa shape index (κ3) is 3.11. The average Bonchev–Trinajstić information content (AvgIpc) is 2.76. The third-order valence-electron chi connectivity index (χ3n) is 3.22. The van der Waals surface area contributed by atoms with Crippen molar-refractivity contribution in [3.63, 3.8) is 0 Å². The van der Waals surface area contributed by atoms with Crippen molar-refractivity contribution in [2.75, 3.05) is 13.1 Å². The smallest absolute Gasteiger partial charge is 0.303 e. The summed E-state index contributed by atoms with van der Waals surface area (Å²) < 4.78 is 38.9. The van der Waals surface area contributed by atoms with Crippen molar-refractivity contribution >= 4 is 27.6 Å². The normalized spacial score (nSPS) is 20.2. The van der Waals surface area contributed by atoms with Gasteiger partial charge in [0, 0.05) is 19.5 Å². The zero-order valence-electron chi connectivity index (χ0n) is 10.4. The Morgan fingerprint density at radius 3 is 2.80 bits per heavy atom. The van der Waals surface area contributed by atoms with Crippen LogP contribution < -0.4 is 0 Å². The fourth-order valence-corrected chi connectivity index (χ4v) is 4.29. The molecule has 1 aromatic rings. The lowest BCUT2D eigenvalue weighted by Crippen LogP contribution is -2.29. The maximum absolute atomic E-state index is 13.0. The number of aliphatic carboxylic acids is 1. The van der Waals surface area contributed by atoms with Crippen LogP contribution >= 0.6 is 11.6 Å². The molecular formula is C12H13ClFNO4S. The van der Waals surface area contributed by atoms with Gasteiger partial charge in [-0.25, -0.2) is 12.8 Å². The van der Waals surface area contributed by atoms with Crippen molar-refractivity contribution < 1.29 is 22.7 Å². The van der Waals surface area contributed by atoms with Crippen LogP contribution in [0.1, 0.15) is 12.8 Å². The van der Waals surface area contributed by atoms with E-state index in [1.54, 1.807) is 0 Å². The van der Waals surface area contributed by atoms with Gasteiger partial charge in [0.05, 0.1) is 5.02 Å². The lowest BCUT2D eigenvalue weighted by atomic mass is 10.1. The summed E-state index contributed by atoms with van der Waals surface area (Å²) in [5.41, 5.74) is 0. The van der Waals surface area contributed by atoms with Crippen LogP contribution in [0.4, 0.5) is 4.39 Å². The summed E-state index contributed by atoms with van der Waals surface area (Å²) in [6, 6.07) is 3.10. The summed E-state index contributed by atoms with van der Waals surface area (Å²) in [5, 5.41) is 8.55. The molecule has 0 saturated carbocycles. The van der Waals surface area contributed by atoms with Gasteiger partial charge in [-0.1, -0.05) is 11.6 Å². The van der Waals surface area contributed by atoms with E-state index < -0.39 is 21.8 Å². The quantitative estimate of drug-likeness (QED) is 0.920. The molecule has 1 atom stereocenters. The van der Waals surface area contributed by atoms with Crippen molar-refractivity contribution in [3.05, 3.63) is 29.0 Å². The molecule has 2 rings (SSSR count). The Balaban J connectivity index is 2.21. The Morgan fingerprint density at radius 1 is 1.50 bits per heavy atom. The van der Waals surface area contributed by atoms with Gasteiger partial charge in [-0.15, -0.1) is 0 Å². The molecule has 20 heavy (non-hydrogen) atoms. The first kappa shape index (κ1) is 15.2. The van der Waals surface area contributed by atoms with Crippen LogP contribution in [0.15, 0.2) is 23.1 Å². The number of benzene rings is 1. The fraction of sp³-hybridized carbons (Fsp3) is 0.417. The van der Waals surface area contributed by atoms with Gasteiger partial charge in [-0.05, 0) is 30.5 Å². The fourth-order valence-electron chi connectivity index (χ4n) is 2.25. The molecule has 1 heterocycles. The van der Waals surface area contributed by atoms with Gasteiger partial charge in [0.15, 0.2) is 0 Å². The summed E-state index contributed by atoms with van der Waals surface area (Å²) in [7, 11) is -3.81. The molecule has 1 saturated heterocycles. The average molecular weight is 322 g/mol. The predicted molar refractivity (Wildman–Crippen MR) is 70.5 cm³/mol. The van der Waals surface area contributed by atoms with Gasteiger partial charge in [0.2, 0.25) is 10.0 Å². The Labute approximate surface area is 121 Å². The molecule has 0 spiro atoms. The number of carboxylic acid groups (broad SMARTS) is 1. The number of carboxylic acids is 1. The molecular weight excluding hydrogens is 309 g/mol. The van der Waals surface area contributed by atoms with Gasteiger partial charge in [0.25, 0.3) is 0 Å². The van der Waals surface area contributed by atoms with E-state index in [4.69, 9.17) is 16.7 Å². The number of halogens is 2. The van der Waals surface area contributed by atoms with Gasteiger partial charge in [-0.3, -0.25) is 4.79 Å². The summed E-state index contributed by atoms with van der Waals surface area (Å²) >= 11 is 5.77. The van der Waals surface area contributed by atoms with Crippen molar-refractivity contribution in [2.24, 2.45) is 5.92 Å². The van der Waals surface area contributed by atoms with E-state index in [1.807, 2.05) is 0 Å². The minimum Gasteiger partial charge on any atom is -0.481 e. The standard InChI is InChI=1S/C12H13ClFNO4S/c13-10-6-9(14)1-2-11(10)20(18,19)15-4-3-8(7-15)5-12(16)17/h1-2,6,8H,3-5,7H2,(H,16,17). The molecule has 1 unspecified atom stereocenters. The molecule has 1 aliphatic rings. The number of hydrogen-bond donors (Lipinski definition) is 1. The number of nitrogens with zero attached hydrogens (tertiary/aromatic N) is 1. The molecule has 1 aliphatic heterocycles. The highest BCUT2D eigenvalue weighted by Crippen LogP contribution is 2.30. The monoisotopic (exact) mass is 321 g/mol. The molecule has 1 aromatic carbocycles. The zero-order chi connectivity index (χ0) is 14.9. The minimum absolute atomic E-state index is 0.0663. The summed E-state index contributed by atoms with van der Waals surface area (Å²) in [5.74, 6) is -1.77. The maximum Gasteiger partial charge on any atom is 0.303 e. The Morgan fingerprint density at radius 2 is 2.20 bits per heavy atom. The van der Waals surface area contributed by atoms with Crippen LogP contribution in [0.5, 0.6) is 0 Å². The first-order valence-electron chi connectivity index (χ1n) is 5.97. The molecule has 0 aliphatic carbocycles. The first-order chi connectivity index (χ1) is 9.30. The van der Waals surface area contributed by atoms with E-state index in [9.17, 15) is 17.6 Å². The minimum atomic E-state index is -3.81. The molecule has 8 heteroatoms. The first-order valence-corrected chi connectivity index (χ1v) is 7.79. The van der Waals surface area contributed by atoms with Crippen molar-refractivity contribution in [3.8, 4) is 0 Å². The molecule has 0 amide bonds. The van der Waals surface area contributed by atoms with Crippen LogP contribution in [0, 0.1) is 11.7 Å². The summed E-state index contributed by atoms with van der Waals surface area (Å²) in [6.45, 7) is 0.385. The Bertz CT molecular complexity index is 634. The molecule has 1 N–H and O–H groups in total. The van der Waals surface area contributed by atoms with E-state index in [0.717, 1.165) is 18.2 Å². The van der Waals surface area contributed by atoms with E-state index in [0.29, 0.717) is 6.42 Å². The molecule has 1 fully saturated rings. The topological polar surface area (TPSA) is 74.7 Å². The Kier molecular flexibility index (Phi) is 4.31. The molecule has 0 radical (unpaired) electrons. The highest BCUT2D eigenvalue weighted by molar-refractivity contribution is 7.89. The highest BCUT2D eigenvalue weighted by atomic mass is 35.5. The second-order valence-corrected chi connectivity index (χ2v) is 7.00. The van der Waals surface area contributed by atoms with E-state index in [-0.39, 0.29) is 35.3 Å². The Hall–Kier alpha value is -1.18. The number of sulfonamides is 1. The highest BCUT2D eigenvalue weighted by Gasteiger charge is 2.34. The summed E-state index contributed by atoms with van der Waals surface area (Å²) in [4.78, 5) is 10.5. The third-order valence-corrected chi connectivity index (χ3v) is 5.57. The molecule has 110 valence electrons. The SMILES string of the molecule is O=C(O)CC1CCN(S(=O)(=O)c2ccc(F)cc2Cl)C1. The van der Waals surface area contributed by atoms with Crippen LogP contribution in [0.2, 0.25) is 5.02 Å². The van der Waals surface area contributed by atoms with Crippen LogP contribution in [0.25, 0.3) is 0 Å². The van der Waals surface area contributed by atoms with Crippen molar-refractivity contribution in [1.82, 2.24) is 4.31 Å². The molecule has 0 bridgehead atoms. The lowest BCUT2D eigenvalue weighted by molar-refractivity contribution is -0.137. The van der Waals surface area contributed by atoms with Gasteiger partial charge >= 0.3 is 5.97 Å². The largest absolute Gasteiger partial charge is 0.481 e. The van der Waals surface area contributed by atoms with Crippen LogP contribution in [-0.2, 0) is 14.8 Å². The van der Waals surface area contributed by atoms with Gasteiger partial charge in [0.1, 0.15) is 10.7 Å². The van der Waals surface area contributed by atoms with Crippen LogP contribution in [0.3, 0.4) is 0 Å². The molecule has 5 nitrogen and oxygen atoms in total. The van der Waals surface area contributed by atoms with Gasteiger partial charge in [-0.2, -0.15) is 4.31 Å². The summed E-state index contributed by atoms with van der Waals surface area (Å²) in [6.07, 6.45) is 0.424. The lowest BCUT2D eigenvalue weighted by Gasteiger charge is -2.17. The van der Waals surface area contributed by atoms with Crippen molar-refractivity contribution in [2.45, 2.75) is 17.7 Å². The van der Waals surface area contributed by atoms with E-state index in [1.165, 1.54) is 4.31 Å². The maximum atomic E-state index is 13.0. The molecule has 0 aromatic heterocycles. The van der Waals surface area contributed by atoms with Gasteiger partial charge < -0.3 is 5.11 Å². The number of rotatable bonds is 4. The predicted octanol–water partition coefficient (Wildman–Crippen LogP) is 1.96. The second-order valence-electron chi connectivity index (χ2n) is 4.69.